The Labute approximate surface area is 160 Å². The Morgan fingerprint density at radius 3 is 2.41 bits per heavy atom. The third-order valence-corrected chi connectivity index (χ3v) is 5.97. The van der Waals surface area contributed by atoms with Gasteiger partial charge in [-0.05, 0) is 0 Å². The molecule has 0 aliphatic carbocycles. The van der Waals surface area contributed by atoms with Gasteiger partial charge in [-0.15, -0.1) is 4.73 Å². The predicted molar refractivity (Wildman–Crippen MR) is 85.3 cm³/mol. The number of rotatable bonds is 2. The number of fused-ring (bicyclic) bond motifs is 1. The van der Waals surface area contributed by atoms with E-state index in [2.05, 4.69) is 22.1 Å². The van der Waals surface area contributed by atoms with Crippen LogP contribution in [0.25, 0.3) is 11.2 Å². The van der Waals surface area contributed by atoms with Crippen molar-refractivity contribution in [2.75, 3.05) is 12.3 Å². The number of nitrogen functional groups attached to an aromatic ring is 1. The van der Waals surface area contributed by atoms with Crippen molar-refractivity contribution in [2.24, 2.45) is 0 Å². The Bertz CT molecular complexity index is 1270. The molecule has 4 atom stereocenters. The normalized spacial score (nSPS) is 30.3. The lowest BCUT2D eigenvalue weighted by Gasteiger charge is -2.19. The molecule has 4 unspecified atom stereocenters. The Morgan fingerprint density at radius 2 is 1.79 bits per heavy atom. The molecule has 0 radical (unpaired) electrons. The molecule has 0 spiro atoms. The fourth-order valence-electron chi connectivity index (χ4n) is 2.82. The van der Waals surface area contributed by atoms with Gasteiger partial charge in [0, 0.05) is 0 Å². The zero-order valence-corrected chi connectivity index (χ0v) is 15.3. The van der Waals surface area contributed by atoms with Crippen LogP contribution in [-0.4, -0.2) is 76.3 Å². The highest BCUT2D eigenvalue weighted by Gasteiger charge is 2.47. The van der Waals surface area contributed by atoms with Crippen LogP contribution in [0.1, 0.15) is 6.23 Å². The summed E-state index contributed by atoms with van der Waals surface area (Å²) in [6.07, 6.45) is -6.53. The van der Waals surface area contributed by atoms with Crippen molar-refractivity contribution in [1.82, 2.24) is 19.3 Å². The second-order valence-corrected chi connectivity index (χ2v) is 8.27. The Balaban J connectivity index is 2.09. The monoisotopic (exact) mass is 457 g/mol. The van der Waals surface area contributed by atoms with Crippen LogP contribution in [0.4, 0.5) is 5.95 Å². The van der Waals surface area contributed by atoms with Gasteiger partial charge < -0.3 is 30.0 Å². The number of hydrogen-bond donors (Lipinski definition) is 4. The maximum Gasteiger partial charge on any atom is 0.485 e. The van der Waals surface area contributed by atoms with Crippen LogP contribution < -0.4 is 19.8 Å². The first-order chi connectivity index (χ1) is 13.4. The molecule has 0 aromatic carbocycles. The number of imidazole rings is 1. The number of nitrogens with zero attached hydrogens (tertiary/aromatic N) is 4. The second kappa shape index (κ2) is 6.22. The average molecular weight is 457 g/mol. The molecule has 2 aliphatic rings. The van der Waals surface area contributed by atoms with Gasteiger partial charge in [-0.1, -0.05) is 3.63 Å². The molecule has 5 N–H and O–H groups in total. The van der Waals surface area contributed by atoms with Crippen LogP contribution in [0.2, 0.25) is 0 Å². The number of aliphatic hydroxyl groups is 3. The van der Waals surface area contributed by atoms with E-state index in [1.54, 1.807) is 0 Å². The number of hydrogen-bond acceptors (Lipinski definition) is 15. The van der Waals surface area contributed by atoms with Gasteiger partial charge in [0.1, 0.15) is 18.3 Å². The first kappa shape index (κ1) is 19.8. The van der Waals surface area contributed by atoms with Crippen LogP contribution in [0, 0.1) is 0 Å². The number of nitrogens with two attached hydrogens (primary N) is 1. The number of aromatic nitrogens is 4. The third kappa shape index (κ3) is 3.08. The maximum absolute atomic E-state index is 12.1. The number of anilines is 1. The van der Waals surface area contributed by atoms with Crippen molar-refractivity contribution in [3.8, 4) is 6.01 Å². The molecule has 0 saturated carbocycles. The van der Waals surface area contributed by atoms with Crippen LogP contribution in [0.15, 0.2) is 4.79 Å². The predicted octanol–water partition coefficient (Wildman–Crippen LogP) is -4.89. The Morgan fingerprint density at radius 1 is 1.10 bits per heavy atom. The first-order valence-corrected chi connectivity index (χ1v) is 10.1. The van der Waals surface area contributed by atoms with Crippen LogP contribution in [0.3, 0.4) is 0 Å². The number of ether oxygens (including phenoxy) is 1. The SMILES string of the molecule is Nc1nc(=O)c2nc3n(C4OC(CO)C(O)C4O)c2n1OS(=O)(=O)OS(=O)(=O)O3. The summed E-state index contributed by atoms with van der Waals surface area (Å²) in [5.74, 6) is -0.867. The minimum Gasteiger partial charge on any atom is -0.394 e. The van der Waals surface area contributed by atoms with E-state index in [4.69, 9.17) is 10.5 Å². The molecular formula is C10H11N5O12S2. The van der Waals surface area contributed by atoms with Gasteiger partial charge in [-0.3, -0.25) is 9.08 Å². The van der Waals surface area contributed by atoms with Gasteiger partial charge in [0.2, 0.25) is 5.95 Å². The minimum absolute atomic E-state index is 0.182. The Kier molecular flexibility index (Phi) is 4.24. The molecule has 2 bridgehead atoms. The second-order valence-electron chi connectivity index (χ2n) is 5.78. The molecule has 2 aromatic heterocycles. The zero-order chi connectivity index (χ0) is 21.3. The van der Waals surface area contributed by atoms with Gasteiger partial charge in [0.05, 0.1) is 6.61 Å². The number of aliphatic hydroxyl groups excluding tert-OH is 3. The summed E-state index contributed by atoms with van der Waals surface area (Å²) in [6.45, 7) is -0.750. The standard InChI is InChI=1S/C10H11N5O12S2/c11-9-13-6(19)3-7-14(8-5(18)4(17)2(1-16)24-8)10(12-3)25-28(20,21)27-29(22,23)26-15(7)9/h2,4-5,8,16-18H,1H2,(H2,11,13,19). The summed E-state index contributed by atoms with van der Waals surface area (Å²) in [5.41, 5.74) is 3.04. The van der Waals surface area contributed by atoms with Gasteiger partial charge in [-0.2, -0.15) is 26.8 Å². The zero-order valence-electron chi connectivity index (χ0n) is 13.7. The molecule has 1 saturated heterocycles. The van der Waals surface area contributed by atoms with Crippen LogP contribution in [-0.2, 0) is 29.2 Å². The third-order valence-electron chi connectivity index (χ3n) is 3.95. The fourth-order valence-corrected chi connectivity index (χ4v) is 4.48. The quantitative estimate of drug-likeness (QED) is 0.330. The highest BCUT2D eigenvalue weighted by molar-refractivity contribution is 7.95. The molecule has 0 amide bonds. The molecule has 29 heavy (non-hydrogen) atoms. The van der Waals surface area contributed by atoms with E-state index in [-0.39, 0.29) is 4.73 Å². The van der Waals surface area contributed by atoms with E-state index in [0.29, 0.717) is 4.57 Å². The maximum atomic E-state index is 12.1. The molecule has 1 fully saturated rings. The van der Waals surface area contributed by atoms with Crippen molar-refractivity contribution in [3.63, 3.8) is 0 Å². The fraction of sp³-hybridized carbons (Fsp3) is 0.500. The highest BCUT2D eigenvalue weighted by Crippen LogP contribution is 2.36. The van der Waals surface area contributed by atoms with Gasteiger partial charge in [0.25, 0.3) is 0 Å². The molecule has 4 rings (SSSR count). The van der Waals surface area contributed by atoms with E-state index >= 15 is 0 Å². The van der Waals surface area contributed by atoms with Crippen molar-refractivity contribution < 1.29 is 49.0 Å². The topological polar surface area (TPSA) is 245 Å². The van der Waals surface area contributed by atoms with Gasteiger partial charge in [-0.25, -0.2) is 4.57 Å². The average Bonchev–Trinajstić information content (AvgIpc) is 3.09. The summed E-state index contributed by atoms with van der Waals surface area (Å²) in [4.78, 5) is 19.0. The van der Waals surface area contributed by atoms with E-state index in [1.165, 1.54) is 0 Å². The molecule has 2 aliphatic heterocycles. The Hall–Kier alpha value is -2.55. The van der Waals surface area contributed by atoms with Crippen molar-refractivity contribution in [3.05, 3.63) is 10.4 Å². The smallest absolute Gasteiger partial charge is 0.394 e. The first-order valence-electron chi connectivity index (χ1n) is 7.47. The highest BCUT2D eigenvalue weighted by atomic mass is 32.3. The van der Waals surface area contributed by atoms with Crippen LogP contribution in [0.5, 0.6) is 6.01 Å². The lowest BCUT2D eigenvalue weighted by atomic mass is 10.1. The lowest BCUT2D eigenvalue weighted by Crippen LogP contribution is -2.33. The van der Waals surface area contributed by atoms with Gasteiger partial charge >= 0.3 is 32.4 Å². The molecule has 160 valence electrons. The summed E-state index contributed by atoms with van der Waals surface area (Å²) in [6, 6.07) is -1.01. The van der Waals surface area contributed by atoms with Crippen LogP contribution >= 0.6 is 0 Å². The van der Waals surface area contributed by atoms with E-state index in [9.17, 15) is 36.9 Å². The summed E-state index contributed by atoms with van der Waals surface area (Å²) >= 11 is 0. The molecule has 19 heteroatoms. The van der Waals surface area contributed by atoms with Crippen molar-refractivity contribution >= 4 is 37.9 Å². The molecule has 4 heterocycles. The lowest BCUT2D eigenvalue weighted by molar-refractivity contribution is -0.0533. The van der Waals surface area contributed by atoms with Crippen molar-refractivity contribution in [2.45, 2.75) is 24.5 Å². The summed E-state index contributed by atoms with van der Waals surface area (Å²) in [7, 11) is -10.7. The molecular weight excluding hydrogens is 446 g/mol. The molecule has 2 aromatic rings. The van der Waals surface area contributed by atoms with E-state index in [1.807, 2.05) is 0 Å². The summed E-state index contributed by atoms with van der Waals surface area (Å²) < 4.78 is 66.3. The van der Waals surface area contributed by atoms with Gasteiger partial charge in [0.15, 0.2) is 17.4 Å². The molecule has 17 nitrogen and oxygen atoms in total. The summed E-state index contributed by atoms with van der Waals surface area (Å²) in [5, 5.41) is 29.5. The minimum atomic E-state index is -5.37. The largest absolute Gasteiger partial charge is 0.485 e. The van der Waals surface area contributed by atoms with E-state index in [0.717, 1.165) is 0 Å². The van der Waals surface area contributed by atoms with E-state index < -0.39 is 80.6 Å². The van der Waals surface area contributed by atoms with Crippen molar-refractivity contribution in [1.29, 1.82) is 0 Å².